The monoisotopic (exact) mass is 257 g/mol. The molecule has 1 aromatic carbocycles. The third-order valence-electron chi connectivity index (χ3n) is 2.44. The summed E-state index contributed by atoms with van der Waals surface area (Å²) in [5.74, 6) is -0.328. The third kappa shape index (κ3) is 3.77. The number of aromatic nitrogens is 1. The van der Waals surface area contributed by atoms with Crippen molar-refractivity contribution in [2.75, 3.05) is 13.2 Å². The Kier molecular flexibility index (Phi) is 4.44. The lowest BCUT2D eigenvalue weighted by atomic mass is 10.2. The number of carbonyl (C=O) groups is 1. The number of benzene rings is 1. The molecule has 0 aliphatic rings. The Bertz CT molecular complexity index is 596. The highest BCUT2D eigenvalue weighted by Gasteiger charge is 1.98. The number of nitrogens with zero attached hydrogens (tertiary/aromatic N) is 2. The van der Waals surface area contributed by atoms with Gasteiger partial charge < -0.3 is 4.74 Å². The van der Waals surface area contributed by atoms with E-state index in [9.17, 15) is 4.79 Å². The van der Waals surface area contributed by atoms with Gasteiger partial charge in [-0.15, -0.1) is 0 Å². The highest BCUT2D eigenvalue weighted by atomic mass is 16.5. The van der Waals surface area contributed by atoms with Gasteiger partial charge in [-0.05, 0) is 19.1 Å². The lowest BCUT2D eigenvalue weighted by Crippen LogP contribution is -2.20. The van der Waals surface area contributed by atoms with Crippen molar-refractivity contribution < 1.29 is 9.53 Å². The molecule has 0 spiro atoms. The quantitative estimate of drug-likeness (QED) is 0.503. The molecule has 1 heterocycles. The standard InChI is InChI=1S/C14H15N3O2/c1-2-19-14(18)10-16-15-9-12-8-7-11-5-3-4-6-13(11)17-12/h3-9,16H,2,10H2,1H3/b15-9+. The molecule has 0 radical (unpaired) electrons. The van der Waals surface area contributed by atoms with Gasteiger partial charge in [-0.25, -0.2) is 4.98 Å². The van der Waals surface area contributed by atoms with Crippen LogP contribution in [0.1, 0.15) is 12.6 Å². The Morgan fingerprint density at radius 2 is 2.21 bits per heavy atom. The second kappa shape index (κ2) is 6.49. The number of esters is 1. The summed E-state index contributed by atoms with van der Waals surface area (Å²) in [6, 6.07) is 11.7. The molecule has 0 aliphatic carbocycles. The van der Waals surface area contributed by atoms with E-state index in [1.807, 2.05) is 36.4 Å². The summed E-state index contributed by atoms with van der Waals surface area (Å²) in [6.07, 6.45) is 1.58. The zero-order valence-corrected chi connectivity index (χ0v) is 10.7. The molecule has 2 rings (SSSR count). The van der Waals surface area contributed by atoms with Crippen LogP contribution in [0.4, 0.5) is 0 Å². The summed E-state index contributed by atoms with van der Waals surface area (Å²) >= 11 is 0. The normalized spacial score (nSPS) is 10.8. The number of nitrogens with one attached hydrogen (secondary N) is 1. The summed E-state index contributed by atoms with van der Waals surface area (Å²) in [5, 5.41) is 5.01. The van der Waals surface area contributed by atoms with E-state index in [4.69, 9.17) is 4.74 Å². The molecule has 0 fully saturated rings. The zero-order chi connectivity index (χ0) is 13.5. The van der Waals surface area contributed by atoms with Crippen molar-refractivity contribution in [3.05, 3.63) is 42.1 Å². The highest BCUT2D eigenvalue weighted by molar-refractivity contribution is 5.85. The summed E-state index contributed by atoms with van der Waals surface area (Å²) in [4.78, 5) is 15.5. The molecule has 0 aliphatic heterocycles. The second-order valence-corrected chi connectivity index (χ2v) is 3.83. The minimum Gasteiger partial charge on any atom is -0.465 e. The van der Waals surface area contributed by atoms with E-state index < -0.39 is 0 Å². The number of carbonyl (C=O) groups excluding carboxylic acids is 1. The molecule has 2 aromatic rings. The predicted molar refractivity (Wildman–Crippen MR) is 74.0 cm³/mol. The van der Waals surface area contributed by atoms with E-state index >= 15 is 0 Å². The van der Waals surface area contributed by atoms with Crippen molar-refractivity contribution in [2.45, 2.75) is 6.92 Å². The number of pyridine rings is 1. The minimum atomic E-state index is -0.328. The summed E-state index contributed by atoms with van der Waals surface area (Å²) in [6.45, 7) is 2.19. The summed E-state index contributed by atoms with van der Waals surface area (Å²) in [5.41, 5.74) is 4.27. The summed E-state index contributed by atoms with van der Waals surface area (Å²) in [7, 11) is 0. The van der Waals surface area contributed by atoms with Crippen LogP contribution in [0.2, 0.25) is 0 Å². The first-order chi connectivity index (χ1) is 9.29. The molecule has 98 valence electrons. The number of hydrogen-bond acceptors (Lipinski definition) is 5. The van der Waals surface area contributed by atoms with Gasteiger partial charge >= 0.3 is 5.97 Å². The van der Waals surface area contributed by atoms with Crippen LogP contribution in [0.5, 0.6) is 0 Å². The number of hydrazone groups is 1. The first kappa shape index (κ1) is 13.0. The minimum absolute atomic E-state index is 0.0535. The molecule has 19 heavy (non-hydrogen) atoms. The molecule has 0 atom stereocenters. The number of fused-ring (bicyclic) bond motifs is 1. The van der Waals surface area contributed by atoms with Crippen molar-refractivity contribution in [3.63, 3.8) is 0 Å². The van der Waals surface area contributed by atoms with Crippen LogP contribution in [-0.2, 0) is 9.53 Å². The Hall–Kier alpha value is -2.43. The molecule has 1 aromatic heterocycles. The molecular formula is C14H15N3O2. The zero-order valence-electron chi connectivity index (χ0n) is 10.7. The Morgan fingerprint density at radius 3 is 3.05 bits per heavy atom. The smallest absolute Gasteiger partial charge is 0.327 e. The molecule has 5 heteroatoms. The SMILES string of the molecule is CCOC(=O)CN/N=C/c1ccc2ccccc2n1. The summed E-state index contributed by atoms with van der Waals surface area (Å²) < 4.78 is 4.76. The number of rotatable bonds is 5. The molecule has 0 saturated heterocycles. The van der Waals surface area contributed by atoms with E-state index in [0.717, 1.165) is 16.6 Å². The van der Waals surface area contributed by atoms with Crippen molar-refractivity contribution in [3.8, 4) is 0 Å². The number of hydrogen-bond donors (Lipinski definition) is 1. The van der Waals surface area contributed by atoms with Gasteiger partial charge in [0.15, 0.2) is 0 Å². The van der Waals surface area contributed by atoms with Gasteiger partial charge in [-0.2, -0.15) is 5.10 Å². The lowest BCUT2D eigenvalue weighted by Gasteiger charge is -2.00. The van der Waals surface area contributed by atoms with Gasteiger partial charge in [0.25, 0.3) is 0 Å². The molecule has 0 amide bonds. The molecule has 1 N–H and O–H groups in total. The number of ether oxygens (including phenoxy) is 1. The van der Waals surface area contributed by atoms with Crippen LogP contribution >= 0.6 is 0 Å². The second-order valence-electron chi connectivity index (χ2n) is 3.83. The third-order valence-corrected chi connectivity index (χ3v) is 2.44. The number of para-hydroxylation sites is 1. The van der Waals surface area contributed by atoms with Crippen molar-refractivity contribution in [2.24, 2.45) is 5.10 Å². The highest BCUT2D eigenvalue weighted by Crippen LogP contribution is 2.10. The average Bonchev–Trinajstić information content (AvgIpc) is 2.44. The van der Waals surface area contributed by atoms with Gasteiger partial charge in [-0.3, -0.25) is 10.2 Å². The van der Waals surface area contributed by atoms with E-state index in [1.54, 1.807) is 13.1 Å². The van der Waals surface area contributed by atoms with Gasteiger partial charge in [0.05, 0.1) is 24.0 Å². The maximum absolute atomic E-state index is 11.1. The first-order valence-corrected chi connectivity index (χ1v) is 6.07. The van der Waals surface area contributed by atoms with Crippen LogP contribution < -0.4 is 5.43 Å². The maximum atomic E-state index is 11.1. The molecule has 0 unspecified atom stereocenters. The van der Waals surface area contributed by atoms with Gasteiger partial charge in [-0.1, -0.05) is 24.3 Å². The Balaban J connectivity index is 1.95. The fourth-order valence-corrected chi connectivity index (χ4v) is 1.59. The van der Waals surface area contributed by atoms with Gasteiger partial charge in [0, 0.05) is 5.39 Å². The van der Waals surface area contributed by atoms with Crippen LogP contribution in [0.15, 0.2) is 41.5 Å². The predicted octanol–water partition coefficient (Wildman–Crippen LogP) is 1.72. The van der Waals surface area contributed by atoms with E-state index in [-0.39, 0.29) is 12.5 Å². The van der Waals surface area contributed by atoms with E-state index in [2.05, 4.69) is 15.5 Å². The Labute approximate surface area is 111 Å². The van der Waals surface area contributed by atoms with Crippen molar-refractivity contribution >= 4 is 23.1 Å². The largest absolute Gasteiger partial charge is 0.465 e. The van der Waals surface area contributed by atoms with Gasteiger partial charge in [0.1, 0.15) is 6.54 Å². The fraction of sp³-hybridized carbons (Fsp3) is 0.214. The molecule has 0 saturated carbocycles. The van der Waals surface area contributed by atoms with Gasteiger partial charge in [0.2, 0.25) is 0 Å². The molecule has 5 nitrogen and oxygen atoms in total. The van der Waals surface area contributed by atoms with Crippen LogP contribution in [-0.4, -0.2) is 30.3 Å². The Morgan fingerprint density at radius 1 is 1.37 bits per heavy atom. The fourth-order valence-electron chi connectivity index (χ4n) is 1.59. The molecule has 0 bridgehead atoms. The maximum Gasteiger partial charge on any atom is 0.327 e. The van der Waals surface area contributed by atoms with Crippen LogP contribution in [0.25, 0.3) is 10.9 Å². The average molecular weight is 257 g/mol. The van der Waals surface area contributed by atoms with Crippen molar-refractivity contribution in [1.82, 2.24) is 10.4 Å². The van der Waals surface area contributed by atoms with E-state index in [1.165, 1.54) is 0 Å². The van der Waals surface area contributed by atoms with Crippen LogP contribution in [0, 0.1) is 0 Å². The first-order valence-electron chi connectivity index (χ1n) is 6.07. The van der Waals surface area contributed by atoms with E-state index in [0.29, 0.717) is 6.61 Å². The van der Waals surface area contributed by atoms with Crippen molar-refractivity contribution in [1.29, 1.82) is 0 Å². The van der Waals surface area contributed by atoms with Crippen LogP contribution in [0.3, 0.4) is 0 Å². The topological polar surface area (TPSA) is 63.6 Å². The lowest BCUT2D eigenvalue weighted by molar-refractivity contribution is -0.141. The molecular weight excluding hydrogens is 242 g/mol.